The Balaban J connectivity index is 1.58. The van der Waals surface area contributed by atoms with Crippen LogP contribution >= 0.6 is 0 Å². The van der Waals surface area contributed by atoms with Crippen LogP contribution in [0.1, 0.15) is 5.56 Å². The number of hydrogen-bond acceptors (Lipinski definition) is 2. The van der Waals surface area contributed by atoms with Gasteiger partial charge in [-0.2, -0.15) is 0 Å². The van der Waals surface area contributed by atoms with Gasteiger partial charge in [0.1, 0.15) is 5.82 Å². The van der Waals surface area contributed by atoms with Gasteiger partial charge in [-0.15, -0.1) is 0 Å². The Bertz CT molecular complexity index is 568. The minimum absolute atomic E-state index is 0.190. The third kappa shape index (κ3) is 2.55. The van der Waals surface area contributed by atoms with Crippen molar-refractivity contribution in [3.8, 4) is 0 Å². The first-order valence-corrected chi connectivity index (χ1v) is 6.66. The molecule has 0 atom stereocenters. The minimum atomic E-state index is -0.190. The number of halogens is 1. The number of hydrogen-bond donors (Lipinski definition) is 1. The van der Waals surface area contributed by atoms with Crippen molar-refractivity contribution in [3.05, 3.63) is 59.9 Å². The third-order valence-corrected chi connectivity index (χ3v) is 3.55. The number of anilines is 2. The molecule has 0 saturated carbocycles. The maximum absolute atomic E-state index is 13.5. The highest BCUT2D eigenvalue weighted by Crippen LogP contribution is 2.26. The van der Waals surface area contributed by atoms with Gasteiger partial charge in [-0.1, -0.05) is 30.3 Å². The summed E-state index contributed by atoms with van der Waals surface area (Å²) in [5.41, 5.74) is 3.31. The molecular weight excluding hydrogens is 239 g/mol. The average molecular weight is 256 g/mol. The van der Waals surface area contributed by atoms with E-state index in [1.165, 1.54) is 17.3 Å². The first-order chi connectivity index (χ1) is 9.34. The zero-order valence-electron chi connectivity index (χ0n) is 10.8. The Labute approximate surface area is 112 Å². The normalized spacial score (nSPS) is 13.4. The first kappa shape index (κ1) is 12.0. The largest absolute Gasteiger partial charge is 0.381 e. The molecule has 1 aliphatic rings. The summed E-state index contributed by atoms with van der Waals surface area (Å²) in [7, 11) is 0. The summed E-state index contributed by atoms with van der Waals surface area (Å²) >= 11 is 0. The molecule has 98 valence electrons. The summed E-state index contributed by atoms with van der Waals surface area (Å²) in [6.07, 6.45) is 1.11. The van der Waals surface area contributed by atoms with E-state index in [-0.39, 0.29) is 5.82 Å². The van der Waals surface area contributed by atoms with Gasteiger partial charge < -0.3 is 10.2 Å². The molecule has 0 unspecified atom stereocenters. The Morgan fingerprint density at radius 3 is 2.74 bits per heavy atom. The van der Waals surface area contributed by atoms with Gasteiger partial charge in [-0.05, 0) is 30.2 Å². The van der Waals surface area contributed by atoms with E-state index in [1.54, 1.807) is 12.1 Å². The quantitative estimate of drug-likeness (QED) is 0.903. The number of nitrogens with one attached hydrogen (secondary N) is 1. The van der Waals surface area contributed by atoms with Crippen molar-refractivity contribution in [1.82, 2.24) is 0 Å². The van der Waals surface area contributed by atoms with E-state index >= 15 is 0 Å². The summed E-state index contributed by atoms with van der Waals surface area (Å²) < 4.78 is 13.5. The van der Waals surface area contributed by atoms with Crippen LogP contribution in [-0.4, -0.2) is 19.6 Å². The van der Waals surface area contributed by atoms with E-state index in [9.17, 15) is 4.39 Å². The number of benzene rings is 2. The van der Waals surface area contributed by atoms with Crippen molar-refractivity contribution in [2.45, 2.75) is 6.42 Å². The lowest BCUT2D eigenvalue weighted by molar-refractivity contribution is 0.630. The van der Waals surface area contributed by atoms with E-state index in [1.807, 2.05) is 6.07 Å². The molecule has 0 aliphatic carbocycles. The predicted octanol–water partition coefficient (Wildman–Crippen LogP) is 3.30. The van der Waals surface area contributed by atoms with Crippen molar-refractivity contribution >= 4 is 11.4 Å². The molecule has 3 heteroatoms. The molecule has 1 aliphatic heterocycles. The van der Waals surface area contributed by atoms with Crippen LogP contribution in [0.15, 0.2) is 48.5 Å². The van der Waals surface area contributed by atoms with Crippen LogP contribution in [0.3, 0.4) is 0 Å². The maximum Gasteiger partial charge on any atom is 0.146 e. The highest BCUT2D eigenvalue weighted by Gasteiger charge is 2.17. The lowest BCUT2D eigenvalue weighted by Gasteiger charge is -2.20. The molecule has 2 aromatic carbocycles. The molecule has 3 rings (SSSR count). The molecule has 1 N–H and O–H groups in total. The van der Waals surface area contributed by atoms with Crippen LogP contribution in [0.2, 0.25) is 0 Å². The Hall–Kier alpha value is -2.03. The standard InChI is InChI=1S/C16H17FN2/c17-14-6-2-3-7-15(14)18-10-12-19-11-9-13-5-1-4-8-16(13)19/h1-8,18H,9-12H2. The molecule has 2 nitrogen and oxygen atoms in total. The van der Waals surface area contributed by atoms with Crippen molar-refractivity contribution in [3.63, 3.8) is 0 Å². The van der Waals surface area contributed by atoms with E-state index in [0.717, 1.165) is 26.1 Å². The van der Waals surface area contributed by atoms with Crippen molar-refractivity contribution < 1.29 is 4.39 Å². The van der Waals surface area contributed by atoms with Crippen LogP contribution in [-0.2, 0) is 6.42 Å². The smallest absolute Gasteiger partial charge is 0.146 e. The monoisotopic (exact) mass is 256 g/mol. The van der Waals surface area contributed by atoms with Gasteiger partial charge in [0.2, 0.25) is 0 Å². The number of fused-ring (bicyclic) bond motifs is 1. The predicted molar refractivity (Wildman–Crippen MR) is 77.2 cm³/mol. The molecule has 0 fully saturated rings. The second-order valence-corrected chi connectivity index (χ2v) is 4.77. The zero-order chi connectivity index (χ0) is 13.1. The third-order valence-electron chi connectivity index (χ3n) is 3.55. The van der Waals surface area contributed by atoms with Crippen LogP contribution in [0, 0.1) is 5.82 Å². The van der Waals surface area contributed by atoms with E-state index in [2.05, 4.69) is 34.5 Å². The van der Waals surface area contributed by atoms with Gasteiger partial charge in [0.05, 0.1) is 5.69 Å². The summed E-state index contributed by atoms with van der Waals surface area (Å²) in [6.45, 7) is 2.69. The van der Waals surface area contributed by atoms with Crippen LogP contribution in [0.25, 0.3) is 0 Å². The summed E-state index contributed by atoms with van der Waals surface area (Å²) in [4.78, 5) is 2.35. The lowest BCUT2D eigenvalue weighted by atomic mass is 10.2. The van der Waals surface area contributed by atoms with Crippen molar-refractivity contribution in [2.24, 2.45) is 0 Å². The molecule has 1 heterocycles. The maximum atomic E-state index is 13.5. The molecular formula is C16H17FN2. The molecule has 2 aromatic rings. The summed E-state index contributed by atoms with van der Waals surface area (Å²) in [5, 5.41) is 3.15. The fourth-order valence-corrected chi connectivity index (χ4v) is 2.57. The molecule has 0 spiro atoms. The molecule has 0 aromatic heterocycles. The topological polar surface area (TPSA) is 15.3 Å². The molecule has 19 heavy (non-hydrogen) atoms. The number of rotatable bonds is 4. The number of para-hydroxylation sites is 2. The summed E-state index contributed by atoms with van der Waals surface area (Å²) in [5.74, 6) is -0.190. The van der Waals surface area contributed by atoms with Crippen LogP contribution in [0.4, 0.5) is 15.8 Å². The second kappa shape index (κ2) is 5.31. The van der Waals surface area contributed by atoms with Gasteiger partial charge in [-0.3, -0.25) is 0 Å². The zero-order valence-corrected chi connectivity index (χ0v) is 10.8. The second-order valence-electron chi connectivity index (χ2n) is 4.77. The van der Waals surface area contributed by atoms with Gasteiger partial charge in [0.25, 0.3) is 0 Å². The van der Waals surface area contributed by atoms with Crippen molar-refractivity contribution in [2.75, 3.05) is 29.9 Å². The van der Waals surface area contributed by atoms with E-state index in [0.29, 0.717) is 5.69 Å². The van der Waals surface area contributed by atoms with Crippen LogP contribution in [0.5, 0.6) is 0 Å². The van der Waals surface area contributed by atoms with E-state index < -0.39 is 0 Å². The Morgan fingerprint density at radius 1 is 1.05 bits per heavy atom. The summed E-state index contributed by atoms with van der Waals surface area (Å²) in [6, 6.07) is 15.3. The fraction of sp³-hybridized carbons (Fsp3) is 0.250. The minimum Gasteiger partial charge on any atom is -0.381 e. The fourth-order valence-electron chi connectivity index (χ4n) is 2.57. The highest BCUT2D eigenvalue weighted by molar-refractivity contribution is 5.58. The highest BCUT2D eigenvalue weighted by atomic mass is 19.1. The van der Waals surface area contributed by atoms with Gasteiger partial charge in [0.15, 0.2) is 0 Å². The number of nitrogens with zero attached hydrogens (tertiary/aromatic N) is 1. The van der Waals surface area contributed by atoms with E-state index in [4.69, 9.17) is 0 Å². The van der Waals surface area contributed by atoms with Crippen LogP contribution < -0.4 is 10.2 Å². The molecule has 0 radical (unpaired) electrons. The lowest BCUT2D eigenvalue weighted by Crippen LogP contribution is -2.27. The molecule has 0 saturated heterocycles. The first-order valence-electron chi connectivity index (χ1n) is 6.66. The van der Waals surface area contributed by atoms with Gasteiger partial charge >= 0.3 is 0 Å². The Morgan fingerprint density at radius 2 is 1.84 bits per heavy atom. The molecule has 0 bridgehead atoms. The van der Waals surface area contributed by atoms with Crippen molar-refractivity contribution in [1.29, 1.82) is 0 Å². The van der Waals surface area contributed by atoms with Gasteiger partial charge in [0, 0.05) is 25.3 Å². The van der Waals surface area contributed by atoms with Gasteiger partial charge in [-0.25, -0.2) is 4.39 Å². The Kier molecular flexibility index (Phi) is 3.36. The average Bonchev–Trinajstić information content (AvgIpc) is 2.85. The SMILES string of the molecule is Fc1ccccc1NCCN1CCc2ccccc21. The molecule has 0 amide bonds.